The van der Waals surface area contributed by atoms with Crippen LogP contribution < -0.4 is 16.2 Å². The van der Waals surface area contributed by atoms with Gasteiger partial charge in [-0.3, -0.25) is 23.7 Å². The zero-order valence-electron chi connectivity index (χ0n) is 24.3. The minimum atomic E-state index is -1.05. The van der Waals surface area contributed by atoms with E-state index in [2.05, 4.69) is 20.7 Å². The number of esters is 2. The number of ether oxygens (including phenoxy) is 2. The van der Waals surface area contributed by atoms with E-state index in [1.807, 2.05) is 0 Å². The van der Waals surface area contributed by atoms with Gasteiger partial charge in [0.1, 0.15) is 30.1 Å². The van der Waals surface area contributed by atoms with E-state index >= 15 is 0 Å². The lowest BCUT2D eigenvalue weighted by molar-refractivity contribution is -0.146. The molecule has 0 saturated carbocycles. The lowest BCUT2D eigenvalue weighted by Gasteiger charge is -2.17. The summed E-state index contributed by atoms with van der Waals surface area (Å²) in [6.45, 7) is 4.90. The zero-order valence-corrected chi connectivity index (χ0v) is 24.3. The molecule has 0 aliphatic rings. The molecule has 0 unspecified atom stereocenters. The van der Waals surface area contributed by atoms with Crippen LogP contribution in [0.25, 0.3) is 16.7 Å². The molecule has 14 heteroatoms. The van der Waals surface area contributed by atoms with Crippen LogP contribution in [-0.2, 0) is 30.4 Å². The summed E-state index contributed by atoms with van der Waals surface area (Å²) in [5.41, 5.74) is 1.29. The third-order valence-electron chi connectivity index (χ3n) is 6.47. The van der Waals surface area contributed by atoms with Crippen molar-refractivity contribution in [2.45, 2.75) is 46.2 Å². The standard InChI is InChI=1S/C30H31FN6O7/c1-4-43-25(39)15-14-23(30(42)44-5-2)34-28(40)19-6-10-21(11-7-19)33-24(38)16-36-17-32-27-26(29(36)41)18(3)35-37(27)22-12-8-20(31)9-13-22/h6-13,17,23H,4-5,14-16H2,1-3H3,(H,33,38)(H,34,40)/t23-/m0/s1. The average Bonchev–Trinajstić information content (AvgIpc) is 3.34. The first kappa shape index (κ1) is 31.5. The topological polar surface area (TPSA) is 164 Å². The van der Waals surface area contributed by atoms with Gasteiger partial charge in [0.2, 0.25) is 5.91 Å². The van der Waals surface area contributed by atoms with Crippen LogP contribution in [0.15, 0.2) is 59.7 Å². The highest BCUT2D eigenvalue weighted by Gasteiger charge is 2.24. The fraction of sp³-hybridized carbons (Fsp3) is 0.300. The predicted molar refractivity (Wildman–Crippen MR) is 157 cm³/mol. The number of hydrogen-bond acceptors (Lipinski definition) is 9. The number of benzene rings is 2. The molecule has 2 heterocycles. The summed E-state index contributed by atoms with van der Waals surface area (Å²) in [7, 11) is 0. The van der Waals surface area contributed by atoms with Crippen molar-refractivity contribution < 1.29 is 33.0 Å². The first-order valence-electron chi connectivity index (χ1n) is 13.8. The molecule has 0 aliphatic heterocycles. The number of amides is 2. The second-order valence-electron chi connectivity index (χ2n) is 9.60. The van der Waals surface area contributed by atoms with Crippen LogP contribution in [0.1, 0.15) is 42.7 Å². The highest BCUT2D eigenvalue weighted by molar-refractivity contribution is 5.98. The van der Waals surface area contributed by atoms with E-state index in [-0.39, 0.29) is 49.2 Å². The maximum atomic E-state index is 13.4. The molecular formula is C30H31FN6O7. The van der Waals surface area contributed by atoms with E-state index < -0.39 is 41.2 Å². The Morgan fingerprint density at radius 2 is 1.66 bits per heavy atom. The van der Waals surface area contributed by atoms with Gasteiger partial charge in [-0.05, 0) is 75.7 Å². The van der Waals surface area contributed by atoms with Gasteiger partial charge in [0, 0.05) is 17.7 Å². The summed E-state index contributed by atoms with van der Waals surface area (Å²) in [6.07, 6.45) is 1.16. The van der Waals surface area contributed by atoms with Crippen molar-refractivity contribution in [1.82, 2.24) is 24.6 Å². The van der Waals surface area contributed by atoms with Crippen LogP contribution in [0, 0.1) is 12.7 Å². The van der Waals surface area contributed by atoms with Crippen LogP contribution in [0.5, 0.6) is 0 Å². The van der Waals surface area contributed by atoms with Crippen LogP contribution in [0.3, 0.4) is 0 Å². The first-order valence-corrected chi connectivity index (χ1v) is 13.8. The number of hydrogen-bond donors (Lipinski definition) is 2. The molecule has 1 atom stereocenters. The minimum absolute atomic E-state index is 0.00408. The lowest BCUT2D eigenvalue weighted by atomic mass is 10.1. The summed E-state index contributed by atoms with van der Waals surface area (Å²) in [6, 6.07) is 10.4. The highest BCUT2D eigenvalue weighted by atomic mass is 19.1. The van der Waals surface area contributed by atoms with Crippen LogP contribution in [-0.4, -0.2) is 62.3 Å². The van der Waals surface area contributed by atoms with Gasteiger partial charge >= 0.3 is 11.9 Å². The summed E-state index contributed by atoms with van der Waals surface area (Å²) < 4.78 is 25.8. The Hall–Kier alpha value is -5.40. The molecule has 0 aliphatic carbocycles. The Morgan fingerprint density at radius 3 is 2.32 bits per heavy atom. The van der Waals surface area contributed by atoms with E-state index in [9.17, 15) is 28.4 Å². The van der Waals surface area contributed by atoms with E-state index in [4.69, 9.17) is 9.47 Å². The molecule has 0 bridgehead atoms. The number of nitrogens with one attached hydrogen (secondary N) is 2. The number of anilines is 1. The maximum Gasteiger partial charge on any atom is 0.328 e. The molecule has 13 nitrogen and oxygen atoms in total. The number of halogens is 1. The third kappa shape index (κ3) is 7.51. The fourth-order valence-corrected chi connectivity index (χ4v) is 4.37. The maximum absolute atomic E-state index is 13.4. The second-order valence-corrected chi connectivity index (χ2v) is 9.60. The number of carbonyl (C=O) groups is 4. The summed E-state index contributed by atoms with van der Waals surface area (Å²) >= 11 is 0. The molecule has 2 N–H and O–H groups in total. The Morgan fingerprint density at radius 1 is 0.977 bits per heavy atom. The van der Waals surface area contributed by atoms with Crippen LogP contribution in [0.2, 0.25) is 0 Å². The van der Waals surface area contributed by atoms with Crippen molar-refractivity contribution in [1.29, 1.82) is 0 Å². The van der Waals surface area contributed by atoms with Gasteiger partial charge in [-0.15, -0.1) is 0 Å². The minimum Gasteiger partial charge on any atom is -0.466 e. The monoisotopic (exact) mass is 606 g/mol. The van der Waals surface area contributed by atoms with E-state index in [0.29, 0.717) is 17.1 Å². The molecule has 4 rings (SSSR count). The summed E-state index contributed by atoms with van der Waals surface area (Å²) in [4.78, 5) is 67.1. The van der Waals surface area contributed by atoms with E-state index in [1.165, 1.54) is 59.5 Å². The molecule has 0 fully saturated rings. The van der Waals surface area contributed by atoms with E-state index in [0.717, 1.165) is 4.57 Å². The van der Waals surface area contributed by atoms with Gasteiger partial charge in [0.05, 0.1) is 24.6 Å². The number of carbonyl (C=O) groups excluding carboxylic acids is 4. The van der Waals surface area contributed by atoms with Gasteiger partial charge in [-0.1, -0.05) is 0 Å². The average molecular weight is 607 g/mol. The SMILES string of the molecule is CCOC(=O)CC[C@H](NC(=O)c1ccc(NC(=O)Cn2cnc3c(c(C)nn3-c3ccc(F)cc3)c2=O)cc1)C(=O)OCC. The Labute approximate surface area is 251 Å². The molecule has 2 amide bonds. The molecule has 0 saturated heterocycles. The zero-order chi connectivity index (χ0) is 31.8. The van der Waals surface area contributed by atoms with E-state index in [1.54, 1.807) is 20.8 Å². The van der Waals surface area contributed by atoms with Crippen molar-refractivity contribution in [3.05, 3.63) is 82.3 Å². The van der Waals surface area contributed by atoms with Crippen molar-refractivity contribution in [2.24, 2.45) is 0 Å². The smallest absolute Gasteiger partial charge is 0.328 e. The van der Waals surface area contributed by atoms with Gasteiger partial charge in [0.15, 0.2) is 5.65 Å². The summed E-state index contributed by atoms with van der Waals surface area (Å²) in [5.74, 6) is -2.67. The quantitative estimate of drug-likeness (QED) is 0.231. The number of rotatable bonds is 12. The highest BCUT2D eigenvalue weighted by Crippen LogP contribution is 2.18. The molecule has 44 heavy (non-hydrogen) atoms. The molecule has 0 radical (unpaired) electrons. The Kier molecular flexibility index (Phi) is 10.2. The number of nitrogens with zero attached hydrogens (tertiary/aromatic N) is 4. The van der Waals surface area contributed by atoms with Gasteiger partial charge in [-0.2, -0.15) is 5.10 Å². The number of aryl methyl sites for hydroxylation is 1. The number of fused-ring (bicyclic) bond motifs is 1. The largest absolute Gasteiger partial charge is 0.466 e. The molecule has 230 valence electrons. The van der Waals surface area contributed by atoms with Crippen LogP contribution >= 0.6 is 0 Å². The van der Waals surface area contributed by atoms with Crippen molar-refractivity contribution >= 4 is 40.5 Å². The fourth-order valence-electron chi connectivity index (χ4n) is 4.37. The predicted octanol–water partition coefficient (Wildman–Crippen LogP) is 2.67. The third-order valence-corrected chi connectivity index (χ3v) is 6.47. The Balaban J connectivity index is 1.41. The summed E-state index contributed by atoms with van der Waals surface area (Å²) in [5, 5.41) is 9.82. The van der Waals surface area contributed by atoms with Gasteiger partial charge < -0.3 is 20.1 Å². The van der Waals surface area contributed by atoms with Crippen molar-refractivity contribution in [2.75, 3.05) is 18.5 Å². The normalized spacial score (nSPS) is 11.5. The van der Waals surface area contributed by atoms with Crippen molar-refractivity contribution in [3.63, 3.8) is 0 Å². The van der Waals surface area contributed by atoms with Gasteiger partial charge in [-0.25, -0.2) is 18.9 Å². The molecule has 4 aromatic rings. The first-order chi connectivity index (χ1) is 21.1. The number of aromatic nitrogens is 4. The van der Waals surface area contributed by atoms with Crippen LogP contribution in [0.4, 0.5) is 10.1 Å². The Bertz CT molecular complexity index is 1730. The molecule has 2 aromatic carbocycles. The molecule has 2 aromatic heterocycles. The lowest BCUT2D eigenvalue weighted by Crippen LogP contribution is -2.42. The molecule has 0 spiro atoms. The second kappa shape index (κ2) is 14.2. The van der Waals surface area contributed by atoms with Crippen molar-refractivity contribution in [3.8, 4) is 5.69 Å². The van der Waals surface area contributed by atoms with Gasteiger partial charge in [0.25, 0.3) is 11.5 Å². The molecular weight excluding hydrogens is 575 g/mol.